The molecule has 106 valence electrons. The highest BCUT2D eigenvalue weighted by atomic mass is 16.5. The van der Waals surface area contributed by atoms with E-state index in [1.165, 1.54) is 0 Å². The minimum atomic E-state index is -0.414. The molecule has 0 saturated carbocycles. The SMILES string of the molecule is CCCOc1cc(NC(C(N)=O)C(C)C)ccc1N. The van der Waals surface area contributed by atoms with E-state index in [-0.39, 0.29) is 11.8 Å². The molecular formula is C14H23N3O2. The van der Waals surface area contributed by atoms with Gasteiger partial charge in [0.25, 0.3) is 0 Å². The number of amides is 1. The summed E-state index contributed by atoms with van der Waals surface area (Å²) in [5.41, 5.74) is 12.6. The minimum absolute atomic E-state index is 0.107. The second-order valence-electron chi connectivity index (χ2n) is 4.87. The van der Waals surface area contributed by atoms with Crippen molar-refractivity contribution in [2.75, 3.05) is 17.7 Å². The number of anilines is 2. The van der Waals surface area contributed by atoms with Crippen molar-refractivity contribution in [1.29, 1.82) is 0 Å². The first-order valence-corrected chi connectivity index (χ1v) is 6.53. The summed E-state index contributed by atoms with van der Waals surface area (Å²) in [6.45, 7) is 6.51. The average Bonchev–Trinajstić information content (AvgIpc) is 2.35. The van der Waals surface area contributed by atoms with Gasteiger partial charge in [0.2, 0.25) is 5.91 Å². The van der Waals surface area contributed by atoms with Crippen LogP contribution in [-0.4, -0.2) is 18.6 Å². The average molecular weight is 265 g/mol. The number of hydrogen-bond donors (Lipinski definition) is 3. The number of carbonyl (C=O) groups excluding carboxylic acids is 1. The molecule has 0 saturated heterocycles. The van der Waals surface area contributed by atoms with Crippen LogP contribution in [0.25, 0.3) is 0 Å². The van der Waals surface area contributed by atoms with Crippen LogP contribution < -0.4 is 21.5 Å². The molecule has 5 N–H and O–H groups in total. The third-order valence-electron chi connectivity index (χ3n) is 2.77. The second kappa shape index (κ2) is 6.87. The van der Waals surface area contributed by atoms with E-state index in [2.05, 4.69) is 5.32 Å². The molecule has 1 unspecified atom stereocenters. The Balaban J connectivity index is 2.86. The molecule has 1 atom stereocenters. The quantitative estimate of drug-likeness (QED) is 0.657. The van der Waals surface area contributed by atoms with Gasteiger partial charge in [-0.25, -0.2) is 0 Å². The van der Waals surface area contributed by atoms with Crippen LogP contribution in [0.2, 0.25) is 0 Å². The molecule has 5 heteroatoms. The zero-order chi connectivity index (χ0) is 14.4. The molecule has 0 aromatic heterocycles. The number of primary amides is 1. The van der Waals surface area contributed by atoms with Gasteiger partial charge in [-0.05, 0) is 24.5 Å². The van der Waals surface area contributed by atoms with Crippen molar-refractivity contribution >= 4 is 17.3 Å². The predicted octanol–water partition coefficient (Wildman–Crippen LogP) is 1.98. The molecule has 0 bridgehead atoms. The summed E-state index contributed by atoms with van der Waals surface area (Å²) < 4.78 is 5.55. The third-order valence-corrected chi connectivity index (χ3v) is 2.77. The van der Waals surface area contributed by atoms with Gasteiger partial charge in [0.1, 0.15) is 11.8 Å². The van der Waals surface area contributed by atoms with Crippen LogP contribution in [0, 0.1) is 5.92 Å². The summed E-state index contributed by atoms with van der Waals surface area (Å²) in [6, 6.07) is 4.95. The smallest absolute Gasteiger partial charge is 0.240 e. The van der Waals surface area contributed by atoms with Crippen LogP contribution >= 0.6 is 0 Å². The van der Waals surface area contributed by atoms with Gasteiger partial charge in [-0.3, -0.25) is 4.79 Å². The Labute approximate surface area is 114 Å². The molecule has 19 heavy (non-hydrogen) atoms. The third kappa shape index (κ3) is 4.35. The van der Waals surface area contributed by atoms with E-state index in [1.807, 2.05) is 26.8 Å². The molecule has 1 amide bonds. The number of nitrogens with one attached hydrogen (secondary N) is 1. The standard InChI is InChI=1S/C14H23N3O2/c1-4-7-19-12-8-10(5-6-11(12)15)17-13(9(2)3)14(16)18/h5-6,8-9,13,17H,4,7,15H2,1-3H3,(H2,16,18). The Morgan fingerprint density at radius 1 is 1.42 bits per heavy atom. The summed E-state index contributed by atoms with van der Waals surface area (Å²) in [7, 11) is 0. The normalized spacial score (nSPS) is 12.2. The maximum Gasteiger partial charge on any atom is 0.240 e. The van der Waals surface area contributed by atoms with Crippen molar-refractivity contribution in [3.05, 3.63) is 18.2 Å². The number of nitrogen functional groups attached to an aromatic ring is 1. The van der Waals surface area contributed by atoms with Crippen molar-refractivity contribution in [3.63, 3.8) is 0 Å². The molecule has 0 fully saturated rings. The van der Waals surface area contributed by atoms with Crippen LogP contribution in [0.1, 0.15) is 27.2 Å². The number of benzene rings is 1. The van der Waals surface area contributed by atoms with Gasteiger partial charge in [-0.1, -0.05) is 20.8 Å². The van der Waals surface area contributed by atoms with E-state index < -0.39 is 6.04 Å². The van der Waals surface area contributed by atoms with Crippen molar-refractivity contribution in [2.45, 2.75) is 33.2 Å². The lowest BCUT2D eigenvalue weighted by Gasteiger charge is -2.21. The number of carbonyl (C=O) groups is 1. The molecule has 0 heterocycles. The largest absolute Gasteiger partial charge is 0.491 e. The summed E-state index contributed by atoms with van der Waals surface area (Å²) in [6.07, 6.45) is 0.910. The number of hydrogen-bond acceptors (Lipinski definition) is 4. The van der Waals surface area contributed by atoms with Crippen molar-refractivity contribution in [2.24, 2.45) is 11.7 Å². The fourth-order valence-electron chi connectivity index (χ4n) is 1.71. The van der Waals surface area contributed by atoms with Gasteiger partial charge in [0.05, 0.1) is 12.3 Å². The fraction of sp³-hybridized carbons (Fsp3) is 0.500. The maximum atomic E-state index is 11.4. The maximum absolute atomic E-state index is 11.4. The lowest BCUT2D eigenvalue weighted by Crippen LogP contribution is -2.39. The minimum Gasteiger partial charge on any atom is -0.491 e. The first-order valence-electron chi connectivity index (χ1n) is 6.53. The first-order chi connectivity index (χ1) is 8.95. The highest BCUT2D eigenvalue weighted by Gasteiger charge is 2.19. The van der Waals surface area contributed by atoms with Crippen LogP contribution in [0.3, 0.4) is 0 Å². The Morgan fingerprint density at radius 3 is 2.63 bits per heavy atom. The lowest BCUT2D eigenvalue weighted by atomic mass is 10.0. The van der Waals surface area contributed by atoms with E-state index in [9.17, 15) is 4.79 Å². The van der Waals surface area contributed by atoms with Crippen LogP contribution in [0.15, 0.2) is 18.2 Å². The van der Waals surface area contributed by atoms with E-state index in [0.717, 1.165) is 12.1 Å². The van der Waals surface area contributed by atoms with Gasteiger partial charge in [-0.15, -0.1) is 0 Å². The van der Waals surface area contributed by atoms with Gasteiger partial charge >= 0.3 is 0 Å². The number of nitrogens with two attached hydrogens (primary N) is 2. The molecule has 0 radical (unpaired) electrons. The van der Waals surface area contributed by atoms with E-state index in [1.54, 1.807) is 12.1 Å². The molecule has 5 nitrogen and oxygen atoms in total. The number of rotatable bonds is 7. The zero-order valence-corrected chi connectivity index (χ0v) is 11.8. The van der Waals surface area contributed by atoms with E-state index >= 15 is 0 Å². The summed E-state index contributed by atoms with van der Waals surface area (Å²) >= 11 is 0. The highest BCUT2D eigenvalue weighted by molar-refractivity contribution is 5.83. The predicted molar refractivity (Wildman–Crippen MR) is 78.1 cm³/mol. The van der Waals surface area contributed by atoms with E-state index in [4.69, 9.17) is 16.2 Å². The Hall–Kier alpha value is -1.91. The topological polar surface area (TPSA) is 90.4 Å². The summed E-state index contributed by atoms with van der Waals surface area (Å²) in [4.78, 5) is 11.4. The molecule has 0 aliphatic carbocycles. The van der Waals surface area contributed by atoms with Crippen molar-refractivity contribution in [3.8, 4) is 5.75 Å². The molecule has 1 aromatic carbocycles. The zero-order valence-electron chi connectivity index (χ0n) is 11.8. The number of ether oxygens (including phenoxy) is 1. The van der Waals surface area contributed by atoms with Crippen LogP contribution in [0.4, 0.5) is 11.4 Å². The van der Waals surface area contributed by atoms with E-state index in [0.29, 0.717) is 18.0 Å². The summed E-state index contributed by atoms with van der Waals surface area (Å²) in [5.74, 6) is 0.358. The van der Waals surface area contributed by atoms with Crippen molar-refractivity contribution < 1.29 is 9.53 Å². The molecule has 1 rings (SSSR count). The van der Waals surface area contributed by atoms with Gasteiger partial charge < -0.3 is 21.5 Å². The van der Waals surface area contributed by atoms with Gasteiger partial charge in [0, 0.05) is 11.8 Å². The molecular weight excluding hydrogens is 242 g/mol. The monoisotopic (exact) mass is 265 g/mol. The summed E-state index contributed by atoms with van der Waals surface area (Å²) in [5, 5.41) is 3.11. The first kappa shape index (κ1) is 15.1. The second-order valence-corrected chi connectivity index (χ2v) is 4.87. The Morgan fingerprint density at radius 2 is 2.11 bits per heavy atom. The Bertz CT molecular complexity index is 433. The fourth-order valence-corrected chi connectivity index (χ4v) is 1.71. The van der Waals surface area contributed by atoms with Gasteiger partial charge in [0.15, 0.2) is 0 Å². The Kier molecular flexibility index (Phi) is 5.48. The molecule has 0 aliphatic heterocycles. The van der Waals surface area contributed by atoms with Crippen LogP contribution in [0.5, 0.6) is 5.75 Å². The van der Waals surface area contributed by atoms with Crippen molar-refractivity contribution in [1.82, 2.24) is 0 Å². The van der Waals surface area contributed by atoms with Crippen LogP contribution in [-0.2, 0) is 4.79 Å². The molecule has 0 spiro atoms. The van der Waals surface area contributed by atoms with Gasteiger partial charge in [-0.2, -0.15) is 0 Å². The molecule has 0 aliphatic rings. The highest BCUT2D eigenvalue weighted by Crippen LogP contribution is 2.26. The molecule has 1 aromatic rings. The lowest BCUT2D eigenvalue weighted by molar-refractivity contribution is -0.119.